The number of aryl methyl sites for hydroxylation is 1. The number of rotatable bonds is 5. The van der Waals surface area contributed by atoms with Gasteiger partial charge in [0.1, 0.15) is 5.69 Å². The van der Waals surface area contributed by atoms with Crippen LogP contribution in [0.2, 0.25) is 0 Å². The van der Waals surface area contributed by atoms with Gasteiger partial charge in [-0.15, -0.1) is 0 Å². The molecule has 1 atom stereocenters. The Morgan fingerprint density at radius 1 is 1.32 bits per heavy atom. The third-order valence-corrected chi connectivity index (χ3v) is 5.03. The molecule has 1 amide bonds. The number of hydrogen-bond acceptors (Lipinski definition) is 6. The van der Waals surface area contributed by atoms with E-state index < -0.39 is 0 Å². The summed E-state index contributed by atoms with van der Waals surface area (Å²) in [6.45, 7) is 3.59. The number of nitrogens with zero attached hydrogens (tertiary/aromatic N) is 5. The van der Waals surface area contributed by atoms with E-state index in [2.05, 4.69) is 26.2 Å². The molecule has 28 heavy (non-hydrogen) atoms. The molecule has 0 bridgehead atoms. The maximum Gasteiger partial charge on any atom is 0.227 e. The number of amides is 1. The second-order valence-electron chi connectivity index (χ2n) is 7.32. The first-order valence-electron chi connectivity index (χ1n) is 9.59. The van der Waals surface area contributed by atoms with Gasteiger partial charge < -0.3 is 9.42 Å². The third kappa shape index (κ3) is 4.42. The highest BCUT2D eigenvalue weighted by atomic mass is 16.5. The van der Waals surface area contributed by atoms with Gasteiger partial charge in [0.05, 0.1) is 12.6 Å². The fourth-order valence-electron chi connectivity index (χ4n) is 3.67. The Hall–Kier alpha value is -3.09. The smallest absolute Gasteiger partial charge is 0.227 e. The normalized spacial score (nSPS) is 16.9. The lowest BCUT2D eigenvalue weighted by Gasteiger charge is -2.32. The van der Waals surface area contributed by atoms with E-state index in [1.54, 1.807) is 18.6 Å². The summed E-state index contributed by atoms with van der Waals surface area (Å²) in [5.74, 6) is 1.54. The van der Waals surface area contributed by atoms with Gasteiger partial charge in [-0.2, -0.15) is 4.98 Å². The number of benzene rings is 1. The van der Waals surface area contributed by atoms with Crippen molar-refractivity contribution in [2.45, 2.75) is 32.6 Å². The predicted molar refractivity (Wildman–Crippen MR) is 103 cm³/mol. The van der Waals surface area contributed by atoms with Crippen molar-refractivity contribution in [3.63, 3.8) is 0 Å². The van der Waals surface area contributed by atoms with Gasteiger partial charge >= 0.3 is 0 Å². The minimum absolute atomic E-state index is 0.182. The number of likely N-dealkylation sites (tertiary alicyclic amines) is 1. The molecule has 1 unspecified atom stereocenters. The third-order valence-electron chi connectivity index (χ3n) is 5.03. The summed E-state index contributed by atoms with van der Waals surface area (Å²) in [5, 5.41) is 4.00. The Morgan fingerprint density at radius 3 is 3.07 bits per heavy atom. The highest BCUT2D eigenvalue weighted by molar-refractivity contribution is 5.78. The van der Waals surface area contributed by atoms with Crippen molar-refractivity contribution in [2.75, 3.05) is 13.1 Å². The Bertz CT molecular complexity index is 941. The molecule has 2 aromatic heterocycles. The predicted octanol–water partition coefficient (Wildman–Crippen LogP) is 2.86. The Balaban J connectivity index is 1.36. The van der Waals surface area contributed by atoms with Crippen LogP contribution < -0.4 is 0 Å². The van der Waals surface area contributed by atoms with Crippen LogP contribution >= 0.6 is 0 Å². The second kappa shape index (κ2) is 8.29. The molecule has 0 aliphatic carbocycles. The lowest BCUT2D eigenvalue weighted by molar-refractivity contribution is -0.132. The summed E-state index contributed by atoms with van der Waals surface area (Å²) in [6.07, 6.45) is 7.99. The number of carbonyl (C=O) groups is 1. The Morgan fingerprint density at radius 2 is 2.25 bits per heavy atom. The summed E-state index contributed by atoms with van der Waals surface area (Å²) in [6, 6.07) is 8.14. The first-order valence-corrected chi connectivity index (χ1v) is 9.59. The maximum absolute atomic E-state index is 12.7. The molecule has 7 nitrogen and oxygen atoms in total. The number of carbonyl (C=O) groups excluding carboxylic acids is 1. The van der Waals surface area contributed by atoms with E-state index >= 15 is 0 Å². The molecule has 0 N–H and O–H groups in total. The van der Waals surface area contributed by atoms with Gasteiger partial charge in [0.15, 0.2) is 0 Å². The van der Waals surface area contributed by atoms with Crippen molar-refractivity contribution in [2.24, 2.45) is 5.92 Å². The Kier molecular flexibility index (Phi) is 5.41. The molecule has 1 saturated heterocycles. The molecule has 0 radical (unpaired) electrons. The van der Waals surface area contributed by atoms with Crippen LogP contribution in [0.25, 0.3) is 11.5 Å². The molecule has 144 valence electrons. The first-order chi connectivity index (χ1) is 13.7. The molecule has 0 saturated carbocycles. The summed E-state index contributed by atoms with van der Waals surface area (Å²) in [5.41, 5.74) is 2.84. The van der Waals surface area contributed by atoms with Gasteiger partial charge in [-0.1, -0.05) is 35.0 Å². The lowest BCUT2D eigenvalue weighted by atomic mass is 9.94. The van der Waals surface area contributed by atoms with Crippen molar-refractivity contribution < 1.29 is 9.32 Å². The molecular formula is C21H23N5O2. The van der Waals surface area contributed by atoms with Gasteiger partial charge in [-0.25, -0.2) is 4.98 Å². The van der Waals surface area contributed by atoms with E-state index in [0.717, 1.165) is 31.5 Å². The number of hydrogen-bond donors (Lipinski definition) is 0. The standard InChI is InChI=1S/C21H23N5O2/c1-15-4-2-5-16(10-15)12-20(27)26-9-3-6-17(14-26)11-19-24-21(25-28-19)18-13-22-7-8-23-18/h2,4-5,7-8,10,13,17H,3,6,9,11-12,14H2,1H3. The van der Waals surface area contributed by atoms with E-state index in [0.29, 0.717) is 36.2 Å². The van der Waals surface area contributed by atoms with Crippen LogP contribution in [0, 0.1) is 12.8 Å². The van der Waals surface area contributed by atoms with E-state index in [1.807, 2.05) is 30.0 Å². The van der Waals surface area contributed by atoms with Crippen LogP contribution in [0.5, 0.6) is 0 Å². The van der Waals surface area contributed by atoms with Crippen LogP contribution in [0.15, 0.2) is 47.4 Å². The average molecular weight is 377 g/mol. The molecule has 0 spiro atoms. The van der Waals surface area contributed by atoms with Gasteiger partial charge in [-0.05, 0) is 31.2 Å². The minimum Gasteiger partial charge on any atom is -0.342 e. The number of piperidine rings is 1. The molecule has 3 aromatic rings. The highest BCUT2D eigenvalue weighted by Gasteiger charge is 2.25. The fourth-order valence-corrected chi connectivity index (χ4v) is 3.67. The molecule has 1 fully saturated rings. The van der Waals surface area contributed by atoms with Gasteiger partial charge in [-0.3, -0.25) is 9.78 Å². The van der Waals surface area contributed by atoms with E-state index in [-0.39, 0.29) is 5.91 Å². The summed E-state index contributed by atoms with van der Waals surface area (Å²) >= 11 is 0. The van der Waals surface area contributed by atoms with E-state index in [1.165, 1.54) is 5.56 Å². The van der Waals surface area contributed by atoms with Crippen LogP contribution in [-0.4, -0.2) is 44.0 Å². The summed E-state index contributed by atoms with van der Waals surface area (Å²) in [7, 11) is 0. The summed E-state index contributed by atoms with van der Waals surface area (Å²) < 4.78 is 5.39. The zero-order valence-corrected chi connectivity index (χ0v) is 15.9. The first kappa shape index (κ1) is 18.3. The van der Waals surface area contributed by atoms with Crippen molar-refractivity contribution in [1.82, 2.24) is 25.0 Å². The minimum atomic E-state index is 0.182. The molecule has 3 heterocycles. The van der Waals surface area contributed by atoms with Crippen molar-refractivity contribution >= 4 is 5.91 Å². The number of aromatic nitrogens is 4. The summed E-state index contributed by atoms with van der Waals surface area (Å²) in [4.78, 5) is 27.3. The monoisotopic (exact) mass is 377 g/mol. The van der Waals surface area contributed by atoms with Crippen LogP contribution in [0.3, 0.4) is 0 Å². The quantitative estimate of drug-likeness (QED) is 0.680. The maximum atomic E-state index is 12.7. The zero-order chi connectivity index (χ0) is 19.3. The van der Waals surface area contributed by atoms with E-state index in [9.17, 15) is 4.79 Å². The van der Waals surface area contributed by atoms with Crippen LogP contribution in [-0.2, 0) is 17.6 Å². The largest absolute Gasteiger partial charge is 0.342 e. The molecule has 7 heteroatoms. The SMILES string of the molecule is Cc1cccc(CC(=O)N2CCCC(Cc3nc(-c4cnccn4)no3)C2)c1. The van der Waals surface area contributed by atoms with Gasteiger partial charge in [0.25, 0.3) is 0 Å². The molecular weight excluding hydrogens is 354 g/mol. The van der Waals surface area contributed by atoms with Crippen LogP contribution in [0.1, 0.15) is 29.9 Å². The molecule has 4 rings (SSSR count). The second-order valence-corrected chi connectivity index (χ2v) is 7.32. The Labute approximate surface area is 163 Å². The molecule has 1 aromatic carbocycles. The molecule has 1 aliphatic heterocycles. The molecule has 1 aliphatic rings. The van der Waals surface area contributed by atoms with Crippen molar-refractivity contribution in [1.29, 1.82) is 0 Å². The van der Waals surface area contributed by atoms with Gasteiger partial charge in [0, 0.05) is 31.9 Å². The van der Waals surface area contributed by atoms with Crippen molar-refractivity contribution in [3.05, 3.63) is 59.9 Å². The average Bonchev–Trinajstić information content (AvgIpc) is 3.17. The fraction of sp³-hybridized carbons (Fsp3) is 0.381. The van der Waals surface area contributed by atoms with E-state index in [4.69, 9.17) is 4.52 Å². The van der Waals surface area contributed by atoms with Gasteiger partial charge in [0.2, 0.25) is 17.6 Å². The topological polar surface area (TPSA) is 85.0 Å². The lowest BCUT2D eigenvalue weighted by Crippen LogP contribution is -2.41. The highest BCUT2D eigenvalue weighted by Crippen LogP contribution is 2.22. The zero-order valence-electron chi connectivity index (χ0n) is 15.9. The van der Waals surface area contributed by atoms with Crippen LogP contribution in [0.4, 0.5) is 0 Å². The van der Waals surface area contributed by atoms with Crippen molar-refractivity contribution in [3.8, 4) is 11.5 Å².